The number of halogens is 2. The van der Waals surface area contributed by atoms with Gasteiger partial charge in [-0.25, -0.2) is 13.5 Å². The summed E-state index contributed by atoms with van der Waals surface area (Å²) in [6.07, 6.45) is 1.68. The van der Waals surface area contributed by atoms with Crippen molar-refractivity contribution in [2.75, 3.05) is 21.3 Å². The second kappa shape index (κ2) is 9.13. The summed E-state index contributed by atoms with van der Waals surface area (Å²) in [5, 5.41) is 7.71. The van der Waals surface area contributed by atoms with E-state index < -0.39 is 11.6 Å². The lowest BCUT2D eigenvalue weighted by Gasteiger charge is -2.18. The van der Waals surface area contributed by atoms with Crippen molar-refractivity contribution in [2.24, 2.45) is 0 Å². The van der Waals surface area contributed by atoms with Gasteiger partial charge in [0.05, 0.1) is 27.5 Å². The van der Waals surface area contributed by atoms with E-state index in [1.54, 1.807) is 27.5 Å². The molecule has 1 N–H and O–H groups in total. The zero-order valence-electron chi connectivity index (χ0n) is 17.6. The van der Waals surface area contributed by atoms with Crippen LogP contribution in [0, 0.1) is 18.6 Å². The molecule has 6 nitrogen and oxygen atoms in total. The SMILES string of the molecule is COc1ccc(CNC(C)c2cnn(-c3ccc(F)cc3F)c2C)c(OC)c1OC. The lowest BCUT2D eigenvalue weighted by Crippen LogP contribution is -2.19. The maximum absolute atomic E-state index is 14.2. The predicted octanol–water partition coefficient (Wildman–Crippen LogP) is 4.34. The summed E-state index contributed by atoms with van der Waals surface area (Å²) in [6, 6.07) is 7.08. The first-order chi connectivity index (χ1) is 14.4. The second-order valence-electron chi connectivity index (χ2n) is 6.79. The summed E-state index contributed by atoms with van der Waals surface area (Å²) < 4.78 is 45.1. The van der Waals surface area contributed by atoms with E-state index in [-0.39, 0.29) is 11.7 Å². The minimum atomic E-state index is -0.663. The molecule has 0 aliphatic carbocycles. The molecule has 1 atom stereocenters. The molecule has 1 heterocycles. The molecule has 1 unspecified atom stereocenters. The monoisotopic (exact) mass is 417 g/mol. The summed E-state index contributed by atoms with van der Waals surface area (Å²) in [6.45, 7) is 4.34. The van der Waals surface area contributed by atoms with Crippen LogP contribution in [0.2, 0.25) is 0 Å². The van der Waals surface area contributed by atoms with Gasteiger partial charge in [-0.05, 0) is 32.0 Å². The highest BCUT2D eigenvalue weighted by Gasteiger charge is 2.19. The quantitative estimate of drug-likeness (QED) is 0.591. The highest BCUT2D eigenvalue weighted by molar-refractivity contribution is 5.55. The third-order valence-electron chi connectivity index (χ3n) is 5.04. The Hall–Kier alpha value is -3.13. The number of benzene rings is 2. The van der Waals surface area contributed by atoms with Gasteiger partial charge in [0.1, 0.15) is 11.5 Å². The molecule has 0 bridgehead atoms. The van der Waals surface area contributed by atoms with Gasteiger partial charge >= 0.3 is 0 Å². The van der Waals surface area contributed by atoms with Crippen molar-refractivity contribution >= 4 is 0 Å². The molecule has 8 heteroatoms. The average Bonchev–Trinajstić information content (AvgIpc) is 3.12. The van der Waals surface area contributed by atoms with Gasteiger partial charge in [0.25, 0.3) is 0 Å². The zero-order chi connectivity index (χ0) is 21.8. The molecule has 0 saturated carbocycles. The first-order valence-electron chi connectivity index (χ1n) is 9.42. The molecule has 0 aliphatic heterocycles. The van der Waals surface area contributed by atoms with Crippen LogP contribution in [0.5, 0.6) is 17.2 Å². The van der Waals surface area contributed by atoms with E-state index in [1.165, 1.54) is 16.8 Å². The summed E-state index contributed by atoms with van der Waals surface area (Å²) >= 11 is 0. The van der Waals surface area contributed by atoms with Crippen LogP contribution in [0.3, 0.4) is 0 Å². The number of methoxy groups -OCH3 is 3. The number of rotatable bonds is 8. The topological polar surface area (TPSA) is 57.5 Å². The van der Waals surface area contributed by atoms with Gasteiger partial charge < -0.3 is 19.5 Å². The lowest BCUT2D eigenvalue weighted by atomic mass is 10.1. The number of aromatic nitrogens is 2. The van der Waals surface area contributed by atoms with E-state index in [0.29, 0.717) is 23.8 Å². The molecular weight excluding hydrogens is 392 g/mol. The van der Waals surface area contributed by atoms with Crippen molar-refractivity contribution in [1.82, 2.24) is 15.1 Å². The maximum atomic E-state index is 14.2. The molecule has 1 aromatic heterocycles. The van der Waals surface area contributed by atoms with Crippen molar-refractivity contribution in [3.63, 3.8) is 0 Å². The van der Waals surface area contributed by atoms with Gasteiger partial charge in [0, 0.05) is 35.5 Å². The smallest absolute Gasteiger partial charge is 0.203 e. The van der Waals surface area contributed by atoms with Gasteiger partial charge in [-0.2, -0.15) is 5.10 Å². The van der Waals surface area contributed by atoms with Crippen molar-refractivity contribution in [2.45, 2.75) is 26.4 Å². The van der Waals surface area contributed by atoms with E-state index in [4.69, 9.17) is 14.2 Å². The van der Waals surface area contributed by atoms with Crippen LogP contribution in [0.25, 0.3) is 5.69 Å². The van der Waals surface area contributed by atoms with E-state index in [9.17, 15) is 8.78 Å². The minimum absolute atomic E-state index is 0.0833. The lowest BCUT2D eigenvalue weighted by molar-refractivity contribution is 0.321. The second-order valence-corrected chi connectivity index (χ2v) is 6.79. The molecule has 0 fully saturated rings. The number of hydrogen-bond donors (Lipinski definition) is 1. The summed E-state index contributed by atoms with van der Waals surface area (Å²) in [5.74, 6) is 0.424. The Morgan fingerprint density at radius 1 is 1.03 bits per heavy atom. The first-order valence-corrected chi connectivity index (χ1v) is 9.42. The summed E-state index contributed by atoms with van der Waals surface area (Å²) in [7, 11) is 4.71. The van der Waals surface area contributed by atoms with Crippen molar-refractivity contribution in [3.05, 3.63) is 65.0 Å². The number of ether oxygens (including phenoxy) is 3. The molecule has 0 saturated heterocycles. The van der Waals surface area contributed by atoms with Gasteiger partial charge in [-0.15, -0.1) is 0 Å². The van der Waals surface area contributed by atoms with E-state index in [0.717, 1.165) is 22.9 Å². The van der Waals surface area contributed by atoms with Crippen LogP contribution in [-0.2, 0) is 6.54 Å². The van der Waals surface area contributed by atoms with E-state index >= 15 is 0 Å². The Labute approximate surface area is 174 Å². The highest BCUT2D eigenvalue weighted by Crippen LogP contribution is 2.39. The first kappa shape index (κ1) is 21.6. The van der Waals surface area contributed by atoms with Crippen LogP contribution >= 0.6 is 0 Å². The molecule has 3 aromatic rings. The maximum Gasteiger partial charge on any atom is 0.203 e. The Bertz CT molecular complexity index is 1040. The molecule has 0 radical (unpaired) electrons. The van der Waals surface area contributed by atoms with Gasteiger partial charge in [0.2, 0.25) is 5.75 Å². The number of nitrogens with one attached hydrogen (secondary N) is 1. The molecular formula is C22H25F2N3O3. The van der Waals surface area contributed by atoms with Crippen molar-refractivity contribution in [1.29, 1.82) is 0 Å². The van der Waals surface area contributed by atoms with Gasteiger partial charge in [0.15, 0.2) is 17.3 Å². The summed E-state index contributed by atoms with van der Waals surface area (Å²) in [4.78, 5) is 0. The van der Waals surface area contributed by atoms with Crippen LogP contribution < -0.4 is 19.5 Å². The van der Waals surface area contributed by atoms with Crippen molar-refractivity contribution in [3.8, 4) is 22.9 Å². The predicted molar refractivity (Wildman–Crippen MR) is 110 cm³/mol. The van der Waals surface area contributed by atoms with E-state index in [2.05, 4.69) is 10.4 Å². The molecule has 0 amide bonds. The van der Waals surface area contributed by atoms with Crippen LogP contribution in [0.1, 0.15) is 29.8 Å². The molecule has 30 heavy (non-hydrogen) atoms. The number of hydrogen-bond acceptors (Lipinski definition) is 5. The normalized spacial score (nSPS) is 12.0. The van der Waals surface area contributed by atoms with E-state index in [1.807, 2.05) is 26.0 Å². The summed E-state index contributed by atoms with van der Waals surface area (Å²) in [5.41, 5.74) is 2.77. The molecule has 0 spiro atoms. The largest absolute Gasteiger partial charge is 0.493 e. The standard InChI is InChI=1S/C22H25F2N3O3/c1-13(25-11-15-6-9-20(28-3)22(30-5)21(15)29-4)17-12-26-27(14(17)2)19-8-7-16(23)10-18(19)24/h6-10,12-13,25H,11H2,1-5H3. The Morgan fingerprint density at radius 3 is 2.40 bits per heavy atom. The Kier molecular flexibility index (Phi) is 6.56. The van der Waals surface area contributed by atoms with Crippen LogP contribution in [0.15, 0.2) is 36.5 Å². The highest BCUT2D eigenvalue weighted by atomic mass is 19.1. The third-order valence-corrected chi connectivity index (χ3v) is 5.04. The van der Waals surface area contributed by atoms with Crippen LogP contribution in [-0.4, -0.2) is 31.1 Å². The molecule has 2 aromatic carbocycles. The fourth-order valence-electron chi connectivity index (χ4n) is 3.42. The molecule has 3 rings (SSSR count). The minimum Gasteiger partial charge on any atom is -0.493 e. The van der Waals surface area contributed by atoms with Gasteiger partial charge in [-0.1, -0.05) is 6.07 Å². The van der Waals surface area contributed by atoms with Crippen molar-refractivity contribution < 1.29 is 23.0 Å². The average molecular weight is 417 g/mol. The molecule has 0 aliphatic rings. The Morgan fingerprint density at radius 2 is 1.77 bits per heavy atom. The number of nitrogens with zero attached hydrogens (tertiary/aromatic N) is 2. The van der Waals surface area contributed by atoms with Crippen LogP contribution in [0.4, 0.5) is 8.78 Å². The fraction of sp³-hybridized carbons (Fsp3) is 0.318. The Balaban J connectivity index is 1.81. The zero-order valence-corrected chi connectivity index (χ0v) is 17.6. The van der Waals surface area contributed by atoms with Gasteiger partial charge in [-0.3, -0.25) is 0 Å². The molecule has 160 valence electrons. The fourth-order valence-corrected chi connectivity index (χ4v) is 3.42. The third kappa shape index (κ3) is 4.09.